The maximum atomic E-state index is 12.0. The first-order valence-corrected chi connectivity index (χ1v) is 7.23. The smallest absolute Gasteiger partial charge is 0.245 e. The van der Waals surface area contributed by atoms with E-state index in [1.807, 2.05) is 0 Å². The van der Waals surface area contributed by atoms with Crippen LogP contribution in [-0.4, -0.2) is 51.6 Å². The lowest BCUT2D eigenvalue weighted by Gasteiger charge is -2.34. The van der Waals surface area contributed by atoms with Gasteiger partial charge in [-0.2, -0.15) is 0 Å². The van der Waals surface area contributed by atoms with Gasteiger partial charge in [0.05, 0.1) is 0 Å². The van der Waals surface area contributed by atoms with Crippen molar-refractivity contribution in [2.24, 2.45) is 0 Å². The molecule has 2 aliphatic heterocycles. The first-order chi connectivity index (χ1) is 7.59. The molecule has 90 valence electrons. The lowest BCUT2D eigenvalue weighted by Crippen LogP contribution is -2.61. The van der Waals surface area contributed by atoms with Gasteiger partial charge in [-0.15, -0.1) is 0 Å². The molecule has 5 nitrogen and oxygen atoms in total. The Bertz CT molecular complexity index is 345. The van der Waals surface area contributed by atoms with Gasteiger partial charge in [0.25, 0.3) is 0 Å². The Kier molecular flexibility index (Phi) is 3.28. The predicted molar refractivity (Wildman–Crippen MR) is 60.2 cm³/mol. The highest BCUT2D eigenvalue weighted by molar-refractivity contribution is 7.84. The van der Waals surface area contributed by atoms with Gasteiger partial charge in [-0.25, -0.2) is 0 Å². The highest BCUT2D eigenvalue weighted by atomic mass is 32.2. The second kappa shape index (κ2) is 4.53. The maximum Gasteiger partial charge on any atom is 0.245 e. The number of nitrogens with one attached hydrogen (secondary N) is 1. The standard InChI is InChI=1S/C10H16N2O3S/c1-16(15)6-4-7-10(14)12-5-2-3-8(12)9(13)11-7/h7-8H,2-6H2,1H3,(H,11,13)/t7-,8-,16-/m0/s1. The third kappa shape index (κ3) is 2.11. The van der Waals surface area contributed by atoms with E-state index in [0.717, 1.165) is 12.8 Å². The number of carbonyl (C=O) groups is 2. The van der Waals surface area contributed by atoms with Gasteiger partial charge in [-0.3, -0.25) is 13.8 Å². The summed E-state index contributed by atoms with van der Waals surface area (Å²) in [4.78, 5) is 25.3. The molecular weight excluding hydrogens is 228 g/mol. The minimum absolute atomic E-state index is 0.00690. The summed E-state index contributed by atoms with van der Waals surface area (Å²) in [6, 6.07) is -0.721. The van der Waals surface area contributed by atoms with Gasteiger partial charge in [-0.05, 0) is 19.3 Å². The Hall–Kier alpha value is -0.910. The van der Waals surface area contributed by atoms with E-state index in [0.29, 0.717) is 18.7 Å². The van der Waals surface area contributed by atoms with E-state index < -0.39 is 16.8 Å². The van der Waals surface area contributed by atoms with Crippen molar-refractivity contribution in [2.75, 3.05) is 18.6 Å². The molecule has 16 heavy (non-hydrogen) atoms. The van der Waals surface area contributed by atoms with Gasteiger partial charge in [0, 0.05) is 29.4 Å². The summed E-state index contributed by atoms with van der Waals surface area (Å²) in [5.74, 6) is 0.395. The highest BCUT2D eigenvalue weighted by Crippen LogP contribution is 2.22. The summed E-state index contributed by atoms with van der Waals surface area (Å²) < 4.78 is 11.0. The van der Waals surface area contributed by atoms with Crippen molar-refractivity contribution < 1.29 is 13.8 Å². The second-order valence-corrected chi connectivity index (χ2v) is 5.87. The molecule has 2 fully saturated rings. The van der Waals surface area contributed by atoms with Crippen molar-refractivity contribution in [3.8, 4) is 0 Å². The number of hydrogen-bond donors (Lipinski definition) is 1. The van der Waals surface area contributed by atoms with Crippen molar-refractivity contribution in [1.82, 2.24) is 10.2 Å². The zero-order valence-corrected chi connectivity index (χ0v) is 10.1. The van der Waals surface area contributed by atoms with Crippen LogP contribution in [0, 0.1) is 0 Å². The molecule has 0 aromatic heterocycles. The molecule has 0 bridgehead atoms. The molecule has 2 saturated heterocycles. The number of carbonyl (C=O) groups excluding carboxylic acids is 2. The molecule has 2 aliphatic rings. The molecule has 0 spiro atoms. The minimum Gasteiger partial charge on any atom is -0.342 e. The average molecular weight is 244 g/mol. The van der Waals surface area contributed by atoms with Crippen LogP contribution in [0.5, 0.6) is 0 Å². The van der Waals surface area contributed by atoms with Gasteiger partial charge < -0.3 is 10.2 Å². The molecule has 0 aromatic rings. The molecule has 3 atom stereocenters. The Balaban J connectivity index is 2.02. The molecule has 2 amide bonds. The zero-order chi connectivity index (χ0) is 11.7. The van der Waals surface area contributed by atoms with Crippen LogP contribution in [0.15, 0.2) is 0 Å². The van der Waals surface area contributed by atoms with Crippen molar-refractivity contribution in [2.45, 2.75) is 31.3 Å². The number of amides is 2. The fraction of sp³-hybridized carbons (Fsp3) is 0.800. The van der Waals surface area contributed by atoms with Crippen molar-refractivity contribution in [1.29, 1.82) is 0 Å². The summed E-state index contributed by atoms with van der Waals surface area (Å²) in [5.41, 5.74) is 0. The van der Waals surface area contributed by atoms with E-state index >= 15 is 0 Å². The zero-order valence-electron chi connectivity index (χ0n) is 9.27. The summed E-state index contributed by atoms with van der Waals surface area (Å²) in [7, 11) is -0.922. The molecular formula is C10H16N2O3S. The average Bonchev–Trinajstić information content (AvgIpc) is 2.70. The first-order valence-electron chi connectivity index (χ1n) is 5.50. The molecule has 0 aliphatic carbocycles. The maximum absolute atomic E-state index is 12.0. The van der Waals surface area contributed by atoms with Crippen LogP contribution < -0.4 is 5.32 Å². The number of fused-ring (bicyclic) bond motifs is 1. The molecule has 2 rings (SSSR count). The van der Waals surface area contributed by atoms with Crippen LogP contribution in [-0.2, 0) is 20.4 Å². The molecule has 0 radical (unpaired) electrons. The summed E-state index contributed by atoms with van der Waals surface area (Å²) in [6.45, 7) is 0.683. The topological polar surface area (TPSA) is 66.5 Å². The molecule has 0 saturated carbocycles. The van der Waals surface area contributed by atoms with Gasteiger partial charge in [0.15, 0.2) is 0 Å². The van der Waals surface area contributed by atoms with E-state index in [1.165, 1.54) is 0 Å². The lowest BCUT2D eigenvalue weighted by molar-refractivity contribution is -0.147. The van der Waals surface area contributed by atoms with Crippen LogP contribution in [0.2, 0.25) is 0 Å². The van der Waals surface area contributed by atoms with E-state index in [9.17, 15) is 13.8 Å². The molecule has 6 heteroatoms. The van der Waals surface area contributed by atoms with E-state index in [4.69, 9.17) is 0 Å². The quantitative estimate of drug-likeness (QED) is 0.710. The predicted octanol–water partition coefficient (Wildman–Crippen LogP) is -0.756. The van der Waals surface area contributed by atoms with Gasteiger partial charge >= 0.3 is 0 Å². The Morgan fingerprint density at radius 1 is 1.50 bits per heavy atom. The second-order valence-electron chi connectivity index (χ2n) is 4.32. The molecule has 1 N–H and O–H groups in total. The van der Waals surface area contributed by atoms with Crippen molar-refractivity contribution in [3.05, 3.63) is 0 Å². The SMILES string of the molecule is C[S@](=O)CC[C@@H]1NC(=O)[C@@H]2CCCN2C1=O. The molecule has 0 unspecified atom stereocenters. The molecule has 2 heterocycles. The third-order valence-corrected chi connectivity index (χ3v) is 3.96. The number of rotatable bonds is 3. The van der Waals surface area contributed by atoms with Crippen LogP contribution >= 0.6 is 0 Å². The van der Waals surface area contributed by atoms with Crippen LogP contribution in [0.3, 0.4) is 0 Å². The fourth-order valence-corrected chi connectivity index (χ4v) is 2.88. The van der Waals surface area contributed by atoms with E-state index in [1.54, 1.807) is 11.2 Å². The largest absolute Gasteiger partial charge is 0.342 e. The number of piperazine rings is 1. The monoisotopic (exact) mass is 244 g/mol. The number of nitrogens with zero attached hydrogens (tertiary/aromatic N) is 1. The fourth-order valence-electron chi connectivity index (χ4n) is 2.31. The Morgan fingerprint density at radius 3 is 2.94 bits per heavy atom. The van der Waals surface area contributed by atoms with Crippen LogP contribution in [0.1, 0.15) is 19.3 Å². The van der Waals surface area contributed by atoms with Gasteiger partial charge in [-0.1, -0.05) is 0 Å². The molecule has 0 aromatic carbocycles. The van der Waals surface area contributed by atoms with Gasteiger partial charge in [0.1, 0.15) is 12.1 Å². The van der Waals surface area contributed by atoms with E-state index in [2.05, 4.69) is 5.32 Å². The normalized spacial score (nSPS) is 31.2. The highest BCUT2D eigenvalue weighted by Gasteiger charge is 2.42. The van der Waals surface area contributed by atoms with Crippen LogP contribution in [0.25, 0.3) is 0 Å². The van der Waals surface area contributed by atoms with Crippen molar-refractivity contribution in [3.63, 3.8) is 0 Å². The van der Waals surface area contributed by atoms with Crippen molar-refractivity contribution >= 4 is 22.6 Å². The summed E-state index contributed by atoms with van der Waals surface area (Å²) in [5, 5.41) is 2.73. The summed E-state index contributed by atoms with van der Waals surface area (Å²) in [6.07, 6.45) is 3.74. The Labute approximate surface area is 97.0 Å². The third-order valence-electron chi connectivity index (χ3n) is 3.15. The summed E-state index contributed by atoms with van der Waals surface area (Å²) >= 11 is 0. The van der Waals surface area contributed by atoms with E-state index in [-0.39, 0.29) is 17.9 Å². The minimum atomic E-state index is -0.922. The lowest BCUT2D eigenvalue weighted by atomic mass is 10.1. The first kappa shape index (κ1) is 11.6. The number of hydrogen-bond acceptors (Lipinski definition) is 3. The van der Waals surface area contributed by atoms with Gasteiger partial charge in [0.2, 0.25) is 11.8 Å². The van der Waals surface area contributed by atoms with Crippen LogP contribution in [0.4, 0.5) is 0 Å². The Morgan fingerprint density at radius 2 is 2.25 bits per heavy atom.